The Balaban J connectivity index is 2.55. The quantitative estimate of drug-likeness (QED) is 0.638. The van der Waals surface area contributed by atoms with Crippen molar-refractivity contribution in [2.24, 2.45) is 0 Å². The van der Waals surface area contributed by atoms with Gasteiger partial charge in [0, 0.05) is 18.9 Å². The van der Waals surface area contributed by atoms with E-state index in [2.05, 4.69) is 5.32 Å². The largest absolute Gasteiger partial charge is 0.397 e. The molecular formula is C10H14ClFN2O2S. The van der Waals surface area contributed by atoms with E-state index in [-0.39, 0.29) is 16.5 Å². The Hall–Kier alpha value is -1.01. The van der Waals surface area contributed by atoms with Gasteiger partial charge < -0.3 is 11.1 Å². The van der Waals surface area contributed by atoms with Gasteiger partial charge in [-0.15, -0.1) is 0 Å². The van der Waals surface area contributed by atoms with Crippen LogP contribution in [0.4, 0.5) is 15.8 Å². The molecule has 0 saturated heterocycles. The fraction of sp³-hybridized carbons (Fsp3) is 0.400. The van der Waals surface area contributed by atoms with E-state index in [1.807, 2.05) is 0 Å². The van der Waals surface area contributed by atoms with E-state index in [1.165, 1.54) is 12.3 Å². The summed E-state index contributed by atoms with van der Waals surface area (Å²) in [5.41, 5.74) is 6.33. The number of nitrogen functional groups attached to an aromatic ring is 1. The van der Waals surface area contributed by atoms with Gasteiger partial charge in [-0.3, -0.25) is 0 Å². The van der Waals surface area contributed by atoms with Gasteiger partial charge in [0.05, 0.1) is 22.2 Å². The summed E-state index contributed by atoms with van der Waals surface area (Å²) >= 11 is 5.60. The van der Waals surface area contributed by atoms with Crippen LogP contribution < -0.4 is 11.1 Å². The Morgan fingerprint density at radius 3 is 2.71 bits per heavy atom. The van der Waals surface area contributed by atoms with Gasteiger partial charge in [-0.05, 0) is 12.5 Å². The lowest BCUT2D eigenvalue weighted by molar-refractivity contribution is 0.600. The number of nitrogens with two attached hydrogens (primary N) is 1. The zero-order valence-corrected chi connectivity index (χ0v) is 10.9. The van der Waals surface area contributed by atoms with Crippen LogP contribution in [0.5, 0.6) is 0 Å². The zero-order chi connectivity index (χ0) is 13.1. The van der Waals surface area contributed by atoms with Crippen LogP contribution in [0.25, 0.3) is 0 Å². The second-order valence-corrected chi connectivity index (χ2v) is 6.43. The first-order valence-corrected chi connectivity index (χ1v) is 7.39. The molecule has 0 unspecified atom stereocenters. The van der Waals surface area contributed by atoms with Gasteiger partial charge in [0.15, 0.2) is 0 Å². The molecule has 0 heterocycles. The molecule has 4 nitrogen and oxygen atoms in total. The number of hydrogen-bond acceptors (Lipinski definition) is 4. The maximum atomic E-state index is 13.0. The van der Waals surface area contributed by atoms with Gasteiger partial charge in [0.25, 0.3) is 0 Å². The van der Waals surface area contributed by atoms with Crippen molar-refractivity contribution < 1.29 is 12.8 Å². The molecule has 0 aromatic heterocycles. The lowest BCUT2D eigenvalue weighted by Crippen LogP contribution is -2.10. The highest BCUT2D eigenvalue weighted by molar-refractivity contribution is 7.90. The summed E-state index contributed by atoms with van der Waals surface area (Å²) in [7, 11) is -2.96. The highest BCUT2D eigenvalue weighted by Gasteiger charge is 2.06. The Morgan fingerprint density at radius 1 is 1.47 bits per heavy atom. The minimum Gasteiger partial charge on any atom is -0.397 e. The number of hydrogen-bond donors (Lipinski definition) is 2. The molecular weight excluding hydrogens is 267 g/mol. The molecule has 7 heteroatoms. The molecule has 0 radical (unpaired) electrons. The monoisotopic (exact) mass is 280 g/mol. The standard InChI is InChI=1S/C10H14ClFN2O2S/c1-17(15,16)4-2-3-14-10-5-7(11)8(12)6-9(10)13/h5-6,14H,2-4,13H2,1H3. The third kappa shape index (κ3) is 4.79. The first kappa shape index (κ1) is 14.1. The van der Waals surface area contributed by atoms with Gasteiger partial charge >= 0.3 is 0 Å². The molecule has 0 aliphatic rings. The number of benzene rings is 1. The van der Waals surface area contributed by atoms with Crippen LogP contribution in [0.15, 0.2) is 12.1 Å². The highest BCUT2D eigenvalue weighted by Crippen LogP contribution is 2.26. The van der Waals surface area contributed by atoms with Crippen LogP contribution >= 0.6 is 11.6 Å². The van der Waals surface area contributed by atoms with Gasteiger partial charge in [-0.2, -0.15) is 0 Å². The molecule has 0 amide bonds. The number of anilines is 2. The smallest absolute Gasteiger partial charge is 0.147 e. The molecule has 1 rings (SSSR count). The topological polar surface area (TPSA) is 72.2 Å². The molecule has 0 atom stereocenters. The van der Waals surface area contributed by atoms with Gasteiger partial charge in [-0.1, -0.05) is 11.6 Å². The van der Waals surface area contributed by atoms with Crippen molar-refractivity contribution in [3.63, 3.8) is 0 Å². The van der Waals surface area contributed by atoms with Crippen LogP contribution in [0, 0.1) is 5.82 Å². The fourth-order valence-electron chi connectivity index (χ4n) is 1.27. The van der Waals surface area contributed by atoms with Gasteiger partial charge in [-0.25, -0.2) is 12.8 Å². The van der Waals surface area contributed by atoms with Crippen molar-refractivity contribution in [1.82, 2.24) is 0 Å². The van der Waals surface area contributed by atoms with Crippen molar-refractivity contribution in [3.05, 3.63) is 23.0 Å². The van der Waals surface area contributed by atoms with E-state index in [9.17, 15) is 12.8 Å². The summed E-state index contributed by atoms with van der Waals surface area (Å²) in [6.07, 6.45) is 1.63. The van der Waals surface area contributed by atoms with E-state index in [1.54, 1.807) is 0 Å². The molecule has 0 fully saturated rings. The van der Waals surface area contributed by atoms with E-state index in [0.717, 1.165) is 6.07 Å². The first-order chi connectivity index (χ1) is 7.79. The summed E-state index contributed by atoms with van der Waals surface area (Å²) in [4.78, 5) is 0. The lowest BCUT2D eigenvalue weighted by atomic mass is 10.2. The Morgan fingerprint density at radius 2 is 2.12 bits per heavy atom. The van der Waals surface area contributed by atoms with Crippen LogP contribution in [0.3, 0.4) is 0 Å². The molecule has 0 saturated carbocycles. The average Bonchev–Trinajstić information content (AvgIpc) is 2.18. The third-order valence-electron chi connectivity index (χ3n) is 2.10. The molecule has 96 valence electrons. The lowest BCUT2D eigenvalue weighted by Gasteiger charge is -2.09. The predicted octanol–water partition coefficient (Wildman–Crippen LogP) is 1.91. The van der Waals surface area contributed by atoms with Gasteiger partial charge in [0.2, 0.25) is 0 Å². The molecule has 0 aliphatic heterocycles. The Labute approximate surface area is 105 Å². The summed E-state index contributed by atoms with van der Waals surface area (Å²) in [6, 6.07) is 2.51. The molecule has 1 aromatic rings. The number of halogens is 2. The molecule has 17 heavy (non-hydrogen) atoms. The number of sulfone groups is 1. The van der Waals surface area contributed by atoms with Crippen molar-refractivity contribution in [1.29, 1.82) is 0 Å². The van der Waals surface area contributed by atoms with Crippen LogP contribution in [-0.4, -0.2) is 27.0 Å². The summed E-state index contributed by atoms with van der Waals surface area (Å²) in [5.74, 6) is -0.486. The van der Waals surface area contributed by atoms with E-state index in [4.69, 9.17) is 17.3 Å². The first-order valence-electron chi connectivity index (χ1n) is 4.96. The van der Waals surface area contributed by atoms with Crippen LogP contribution in [-0.2, 0) is 9.84 Å². The second-order valence-electron chi connectivity index (χ2n) is 3.76. The van der Waals surface area contributed by atoms with Crippen molar-refractivity contribution in [2.45, 2.75) is 6.42 Å². The number of rotatable bonds is 5. The highest BCUT2D eigenvalue weighted by atomic mass is 35.5. The predicted molar refractivity (Wildman–Crippen MR) is 68.6 cm³/mol. The molecule has 0 aliphatic carbocycles. The van der Waals surface area contributed by atoms with Crippen molar-refractivity contribution in [3.8, 4) is 0 Å². The van der Waals surface area contributed by atoms with E-state index in [0.29, 0.717) is 18.7 Å². The van der Waals surface area contributed by atoms with Crippen LogP contribution in [0.2, 0.25) is 5.02 Å². The molecule has 3 N–H and O–H groups in total. The maximum absolute atomic E-state index is 13.0. The summed E-state index contributed by atoms with van der Waals surface area (Å²) in [5, 5.41) is 2.89. The minimum absolute atomic E-state index is 0.0233. The Bertz CT molecular complexity index is 505. The van der Waals surface area contributed by atoms with E-state index < -0.39 is 15.7 Å². The fourth-order valence-corrected chi connectivity index (χ4v) is 2.11. The zero-order valence-electron chi connectivity index (χ0n) is 9.33. The summed E-state index contributed by atoms with van der Waals surface area (Å²) in [6.45, 7) is 0.430. The van der Waals surface area contributed by atoms with Crippen molar-refractivity contribution in [2.75, 3.05) is 29.6 Å². The minimum atomic E-state index is -2.96. The van der Waals surface area contributed by atoms with Crippen molar-refractivity contribution >= 4 is 32.8 Å². The van der Waals surface area contributed by atoms with Gasteiger partial charge in [0.1, 0.15) is 15.7 Å². The average molecular weight is 281 g/mol. The van der Waals surface area contributed by atoms with E-state index >= 15 is 0 Å². The van der Waals surface area contributed by atoms with Crippen LogP contribution in [0.1, 0.15) is 6.42 Å². The molecule has 0 spiro atoms. The number of nitrogens with one attached hydrogen (secondary N) is 1. The molecule has 1 aromatic carbocycles. The Kier molecular flexibility index (Phi) is 4.59. The second kappa shape index (κ2) is 5.55. The summed E-state index contributed by atoms with van der Waals surface area (Å²) < 4.78 is 34.8. The normalized spacial score (nSPS) is 11.5. The maximum Gasteiger partial charge on any atom is 0.147 e. The SMILES string of the molecule is CS(=O)(=O)CCCNc1cc(Cl)c(F)cc1N. The molecule has 0 bridgehead atoms. The third-order valence-corrected chi connectivity index (χ3v) is 3.42.